The van der Waals surface area contributed by atoms with Gasteiger partial charge in [0.25, 0.3) is 0 Å². The van der Waals surface area contributed by atoms with Crippen molar-refractivity contribution in [2.24, 2.45) is 5.92 Å². The maximum atomic E-state index is 6.53. The molecule has 1 fully saturated rings. The molecule has 3 heteroatoms. The Morgan fingerprint density at radius 1 is 1.21 bits per heavy atom. The number of nitrogens with zero attached hydrogens (tertiary/aromatic N) is 2. The zero-order valence-corrected chi connectivity index (χ0v) is 11.8. The van der Waals surface area contributed by atoms with E-state index in [0.29, 0.717) is 0 Å². The maximum Gasteiger partial charge on any atom is 0.0645 e. The lowest BCUT2D eigenvalue weighted by molar-refractivity contribution is 0.496. The molecule has 1 aliphatic carbocycles. The number of hydrogen-bond donors (Lipinski definition) is 0. The van der Waals surface area contributed by atoms with Crippen LogP contribution in [0.2, 0.25) is 0 Å². The summed E-state index contributed by atoms with van der Waals surface area (Å²) in [5.74, 6) is 0.808. The molecule has 2 nitrogen and oxygen atoms in total. The summed E-state index contributed by atoms with van der Waals surface area (Å²) in [7, 11) is 0. The molecule has 1 unspecified atom stereocenters. The first-order valence-corrected chi connectivity index (χ1v) is 7.50. The van der Waals surface area contributed by atoms with Crippen LogP contribution in [-0.2, 0) is 0 Å². The number of benzene rings is 1. The van der Waals surface area contributed by atoms with E-state index in [1.807, 2.05) is 29.1 Å². The molecule has 1 heterocycles. The lowest BCUT2D eigenvalue weighted by Gasteiger charge is -2.12. The molecule has 0 radical (unpaired) electrons. The van der Waals surface area contributed by atoms with E-state index in [4.69, 9.17) is 11.6 Å². The summed E-state index contributed by atoms with van der Waals surface area (Å²) in [6, 6.07) is 10.2. The summed E-state index contributed by atoms with van der Waals surface area (Å²) in [5, 5.41) is 4.51. The van der Waals surface area contributed by atoms with Crippen molar-refractivity contribution in [3.63, 3.8) is 0 Å². The molecule has 0 N–H and O–H groups in total. The summed E-state index contributed by atoms with van der Waals surface area (Å²) in [4.78, 5) is 0. The number of halogens is 1. The van der Waals surface area contributed by atoms with Crippen LogP contribution in [-0.4, -0.2) is 9.78 Å². The second kappa shape index (κ2) is 5.79. The van der Waals surface area contributed by atoms with Gasteiger partial charge in [0, 0.05) is 11.8 Å². The monoisotopic (exact) mass is 274 g/mol. The third-order valence-electron chi connectivity index (χ3n) is 4.00. The third kappa shape index (κ3) is 3.01. The zero-order valence-electron chi connectivity index (χ0n) is 11.0. The fourth-order valence-corrected chi connectivity index (χ4v) is 3.26. The standard InChI is InChI=1S/C16H19ClN2/c17-16(10-13-6-4-5-7-13)14-11-18-19(12-14)15-8-2-1-3-9-15/h1-3,8-9,11-13,16H,4-7,10H2. The molecule has 0 amide bonds. The molecule has 1 atom stereocenters. The van der Waals surface area contributed by atoms with Gasteiger partial charge < -0.3 is 0 Å². The van der Waals surface area contributed by atoms with E-state index in [2.05, 4.69) is 23.4 Å². The van der Waals surface area contributed by atoms with Crippen molar-refractivity contribution in [3.8, 4) is 5.69 Å². The Labute approximate surface area is 119 Å². The van der Waals surface area contributed by atoms with Crippen LogP contribution in [0.25, 0.3) is 5.69 Å². The van der Waals surface area contributed by atoms with E-state index < -0.39 is 0 Å². The summed E-state index contributed by atoms with van der Waals surface area (Å²) in [5.41, 5.74) is 2.22. The average Bonchev–Trinajstić information content (AvgIpc) is 3.10. The highest BCUT2D eigenvalue weighted by atomic mass is 35.5. The number of hydrogen-bond acceptors (Lipinski definition) is 1. The van der Waals surface area contributed by atoms with Crippen molar-refractivity contribution in [1.82, 2.24) is 9.78 Å². The molecule has 2 aromatic rings. The van der Waals surface area contributed by atoms with Crippen LogP contribution in [0, 0.1) is 5.92 Å². The summed E-state index contributed by atoms with van der Waals surface area (Å²) < 4.78 is 1.90. The second-order valence-corrected chi connectivity index (χ2v) is 5.93. The van der Waals surface area contributed by atoms with E-state index in [-0.39, 0.29) is 5.38 Å². The molecule has 0 spiro atoms. The highest BCUT2D eigenvalue weighted by Gasteiger charge is 2.20. The molecule has 1 aromatic heterocycles. The first-order chi connectivity index (χ1) is 9.33. The lowest BCUT2D eigenvalue weighted by Crippen LogP contribution is -1.99. The van der Waals surface area contributed by atoms with Gasteiger partial charge in [0.1, 0.15) is 0 Å². The summed E-state index contributed by atoms with van der Waals surface area (Å²) in [6.07, 6.45) is 10.5. The average molecular weight is 275 g/mol. The number of alkyl halides is 1. The van der Waals surface area contributed by atoms with Crippen LogP contribution in [0.15, 0.2) is 42.7 Å². The minimum atomic E-state index is 0.0977. The Hall–Kier alpha value is -1.28. The molecule has 0 saturated heterocycles. The van der Waals surface area contributed by atoms with Gasteiger partial charge in [0.15, 0.2) is 0 Å². The largest absolute Gasteiger partial charge is 0.241 e. The molecule has 0 aliphatic heterocycles. The fraction of sp³-hybridized carbons (Fsp3) is 0.438. The van der Waals surface area contributed by atoms with Crippen LogP contribution >= 0.6 is 11.6 Å². The predicted octanol–water partition coefficient (Wildman–Crippen LogP) is 4.73. The molecule has 3 rings (SSSR count). The first-order valence-electron chi connectivity index (χ1n) is 7.07. The van der Waals surface area contributed by atoms with Crippen molar-refractivity contribution in [3.05, 3.63) is 48.3 Å². The number of rotatable bonds is 4. The SMILES string of the molecule is ClC(CC1CCCC1)c1cnn(-c2ccccc2)c1. The van der Waals surface area contributed by atoms with E-state index in [1.54, 1.807) is 0 Å². The van der Waals surface area contributed by atoms with Crippen molar-refractivity contribution < 1.29 is 0 Å². The fourth-order valence-electron chi connectivity index (χ4n) is 2.90. The van der Waals surface area contributed by atoms with Gasteiger partial charge in [-0.15, -0.1) is 11.6 Å². The Kier molecular flexibility index (Phi) is 3.88. The van der Waals surface area contributed by atoms with E-state index in [1.165, 1.54) is 25.7 Å². The molecule has 1 aliphatic rings. The van der Waals surface area contributed by atoms with Crippen LogP contribution in [0.5, 0.6) is 0 Å². The van der Waals surface area contributed by atoms with Gasteiger partial charge in [-0.25, -0.2) is 4.68 Å². The summed E-state index contributed by atoms with van der Waals surface area (Å²) in [6.45, 7) is 0. The molecule has 1 aromatic carbocycles. The maximum absolute atomic E-state index is 6.53. The van der Waals surface area contributed by atoms with Gasteiger partial charge in [0.2, 0.25) is 0 Å². The molecule has 1 saturated carbocycles. The Morgan fingerprint density at radius 3 is 2.68 bits per heavy atom. The number of para-hydroxylation sites is 1. The van der Waals surface area contributed by atoms with E-state index >= 15 is 0 Å². The third-order valence-corrected chi connectivity index (χ3v) is 4.43. The van der Waals surface area contributed by atoms with Gasteiger partial charge in [0.05, 0.1) is 17.3 Å². The van der Waals surface area contributed by atoms with Crippen LogP contribution in [0.4, 0.5) is 0 Å². The smallest absolute Gasteiger partial charge is 0.0645 e. The van der Waals surface area contributed by atoms with Crippen molar-refractivity contribution >= 4 is 11.6 Å². The normalized spacial score (nSPS) is 17.7. The topological polar surface area (TPSA) is 17.8 Å². The highest BCUT2D eigenvalue weighted by Crippen LogP contribution is 2.36. The molecule has 100 valence electrons. The molecule has 0 bridgehead atoms. The number of aromatic nitrogens is 2. The molecular formula is C16H19ClN2. The predicted molar refractivity (Wildman–Crippen MR) is 78.7 cm³/mol. The Morgan fingerprint density at radius 2 is 1.95 bits per heavy atom. The van der Waals surface area contributed by atoms with Crippen LogP contribution in [0.3, 0.4) is 0 Å². The van der Waals surface area contributed by atoms with Gasteiger partial charge >= 0.3 is 0 Å². The van der Waals surface area contributed by atoms with E-state index in [0.717, 1.165) is 23.6 Å². The Bertz CT molecular complexity index is 515. The molecule has 19 heavy (non-hydrogen) atoms. The van der Waals surface area contributed by atoms with Gasteiger partial charge in [-0.05, 0) is 24.5 Å². The first kappa shape index (κ1) is 12.7. The minimum Gasteiger partial charge on any atom is -0.241 e. The summed E-state index contributed by atoms with van der Waals surface area (Å²) >= 11 is 6.53. The van der Waals surface area contributed by atoms with Crippen molar-refractivity contribution in [2.45, 2.75) is 37.5 Å². The van der Waals surface area contributed by atoms with Crippen molar-refractivity contribution in [1.29, 1.82) is 0 Å². The van der Waals surface area contributed by atoms with Gasteiger partial charge in [-0.2, -0.15) is 5.10 Å². The van der Waals surface area contributed by atoms with Crippen LogP contribution < -0.4 is 0 Å². The lowest BCUT2D eigenvalue weighted by atomic mass is 9.99. The Balaban J connectivity index is 1.70. The second-order valence-electron chi connectivity index (χ2n) is 5.41. The highest BCUT2D eigenvalue weighted by molar-refractivity contribution is 6.20. The van der Waals surface area contributed by atoms with Crippen LogP contribution in [0.1, 0.15) is 43.0 Å². The quantitative estimate of drug-likeness (QED) is 0.737. The van der Waals surface area contributed by atoms with Gasteiger partial charge in [-0.1, -0.05) is 43.9 Å². The molecular weight excluding hydrogens is 256 g/mol. The zero-order chi connectivity index (χ0) is 13.1. The van der Waals surface area contributed by atoms with Gasteiger partial charge in [-0.3, -0.25) is 0 Å². The van der Waals surface area contributed by atoms with E-state index in [9.17, 15) is 0 Å². The minimum absolute atomic E-state index is 0.0977. The van der Waals surface area contributed by atoms with Crippen molar-refractivity contribution in [2.75, 3.05) is 0 Å².